The summed E-state index contributed by atoms with van der Waals surface area (Å²) in [7, 11) is 3.97. The van der Waals surface area contributed by atoms with E-state index in [1.807, 2.05) is 74.8 Å². The monoisotopic (exact) mass is 334 g/mol. The molecular formula is C21H22N2O2. The molecule has 0 atom stereocenters. The highest BCUT2D eigenvalue weighted by Crippen LogP contribution is 2.35. The second-order valence-electron chi connectivity index (χ2n) is 6.40. The summed E-state index contributed by atoms with van der Waals surface area (Å²) in [5.74, 6) is -0.400. The number of nitrogens with zero attached hydrogens (tertiary/aromatic N) is 2. The quantitative estimate of drug-likeness (QED) is 0.763. The van der Waals surface area contributed by atoms with Gasteiger partial charge in [-0.25, -0.2) is 0 Å². The molecule has 0 fully saturated rings. The minimum atomic E-state index is -0.200. The highest BCUT2D eigenvalue weighted by atomic mass is 16.2. The molecule has 2 aromatic carbocycles. The van der Waals surface area contributed by atoms with Crippen molar-refractivity contribution in [3.63, 3.8) is 0 Å². The number of hydrogen-bond donors (Lipinski definition) is 0. The molecule has 1 aliphatic rings. The maximum atomic E-state index is 13.0. The fraction of sp³-hybridized carbons (Fsp3) is 0.238. The minimum Gasteiger partial charge on any atom is -0.309 e. The molecule has 0 radical (unpaired) electrons. The Kier molecular flexibility index (Phi) is 5.10. The summed E-state index contributed by atoms with van der Waals surface area (Å²) in [5, 5.41) is 0. The lowest BCUT2D eigenvalue weighted by Gasteiger charge is -2.17. The Labute approximate surface area is 148 Å². The van der Waals surface area contributed by atoms with Crippen molar-refractivity contribution < 1.29 is 9.59 Å². The van der Waals surface area contributed by atoms with E-state index in [0.29, 0.717) is 17.7 Å². The Morgan fingerprint density at radius 2 is 1.20 bits per heavy atom. The van der Waals surface area contributed by atoms with Gasteiger partial charge in [-0.3, -0.25) is 14.5 Å². The summed E-state index contributed by atoms with van der Waals surface area (Å²) in [6, 6.07) is 18.9. The van der Waals surface area contributed by atoms with E-state index >= 15 is 0 Å². The zero-order valence-electron chi connectivity index (χ0n) is 14.6. The van der Waals surface area contributed by atoms with E-state index in [2.05, 4.69) is 4.90 Å². The molecule has 25 heavy (non-hydrogen) atoms. The topological polar surface area (TPSA) is 40.6 Å². The van der Waals surface area contributed by atoms with Crippen LogP contribution in [0.1, 0.15) is 17.5 Å². The highest BCUT2D eigenvalue weighted by molar-refractivity contribution is 6.48. The Morgan fingerprint density at radius 3 is 1.60 bits per heavy atom. The van der Waals surface area contributed by atoms with Crippen molar-refractivity contribution >= 4 is 23.0 Å². The lowest BCUT2D eigenvalue weighted by molar-refractivity contribution is -0.136. The predicted molar refractivity (Wildman–Crippen MR) is 99.6 cm³/mol. The van der Waals surface area contributed by atoms with Crippen LogP contribution in [-0.2, 0) is 9.59 Å². The van der Waals surface area contributed by atoms with Crippen molar-refractivity contribution in [2.24, 2.45) is 0 Å². The van der Waals surface area contributed by atoms with Crippen molar-refractivity contribution in [2.75, 3.05) is 27.2 Å². The molecule has 0 spiro atoms. The molecule has 0 bridgehead atoms. The molecule has 0 aliphatic carbocycles. The number of rotatable bonds is 6. The Balaban J connectivity index is 2.00. The fourth-order valence-electron chi connectivity index (χ4n) is 3.07. The van der Waals surface area contributed by atoms with Crippen LogP contribution < -0.4 is 0 Å². The Bertz CT molecular complexity index is 734. The van der Waals surface area contributed by atoms with Crippen LogP contribution in [0.15, 0.2) is 60.7 Å². The van der Waals surface area contributed by atoms with E-state index in [-0.39, 0.29) is 11.8 Å². The van der Waals surface area contributed by atoms with E-state index in [4.69, 9.17) is 0 Å². The zero-order valence-corrected chi connectivity index (χ0v) is 14.6. The van der Waals surface area contributed by atoms with Gasteiger partial charge < -0.3 is 4.90 Å². The maximum absolute atomic E-state index is 13.0. The second-order valence-corrected chi connectivity index (χ2v) is 6.40. The van der Waals surface area contributed by atoms with Crippen molar-refractivity contribution in [3.05, 3.63) is 71.8 Å². The summed E-state index contributed by atoms with van der Waals surface area (Å²) < 4.78 is 0. The minimum absolute atomic E-state index is 0.200. The Hall–Kier alpha value is -2.72. The van der Waals surface area contributed by atoms with Gasteiger partial charge in [0.15, 0.2) is 0 Å². The van der Waals surface area contributed by atoms with Crippen molar-refractivity contribution in [1.82, 2.24) is 9.80 Å². The normalized spacial score (nSPS) is 14.8. The van der Waals surface area contributed by atoms with Crippen LogP contribution in [0.25, 0.3) is 11.1 Å². The van der Waals surface area contributed by atoms with Gasteiger partial charge in [-0.05, 0) is 38.2 Å². The van der Waals surface area contributed by atoms with E-state index in [1.165, 1.54) is 4.90 Å². The number of amides is 2. The molecular weight excluding hydrogens is 312 g/mol. The second kappa shape index (κ2) is 7.45. The van der Waals surface area contributed by atoms with Gasteiger partial charge in [0.05, 0.1) is 11.1 Å². The molecule has 1 heterocycles. The first-order chi connectivity index (χ1) is 12.1. The fourth-order valence-corrected chi connectivity index (χ4v) is 3.07. The molecule has 0 aromatic heterocycles. The van der Waals surface area contributed by atoms with Crippen molar-refractivity contribution in [3.8, 4) is 0 Å². The molecule has 3 rings (SSSR count). The summed E-state index contributed by atoms with van der Waals surface area (Å²) in [6.45, 7) is 1.26. The molecule has 0 saturated heterocycles. The summed E-state index contributed by atoms with van der Waals surface area (Å²) in [5.41, 5.74) is 2.58. The van der Waals surface area contributed by atoms with E-state index in [0.717, 1.165) is 24.1 Å². The van der Waals surface area contributed by atoms with Crippen LogP contribution in [0.4, 0.5) is 0 Å². The molecule has 4 heteroatoms. The van der Waals surface area contributed by atoms with Gasteiger partial charge in [0.1, 0.15) is 0 Å². The van der Waals surface area contributed by atoms with Crippen LogP contribution in [0, 0.1) is 0 Å². The van der Waals surface area contributed by atoms with Crippen LogP contribution in [0.3, 0.4) is 0 Å². The summed E-state index contributed by atoms with van der Waals surface area (Å²) >= 11 is 0. The first-order valence-electron chi connectivity index (χ1n) is 8.45. The molecule has 1 aliphatic heterocycles. The van der Waals surface area contributed by atoms with Crippen LogP contribution >= 0.6 is 0 Å². The maximum Gasteiger partial charge on any atom is 0.262 e. The van der Waals surface area contributed by atoms with Crippen molar-refractivity contribution in [2.45, 2.75) is 6.42 Å². The van der Waals surface area contributed by atoms with Gasteiger partial charge in [0, 0.05) is 6.54 Å². The van der Waals surface area contributed by atoms with Crippen LogP contribution in [-0.4, -0.2) is 48.8 Å². The first-order valence-corrected chi connectivity index (χ1v) is 8.45. The lowest BCUT2D eigenvalue weighted by atomic mass is 9.96. The number of imide groups is 1. The third-order valence-corrected chi connectivity index (χ3v) is 4.28. The van der Waals surface area contributed by atoms with Gasteiger partial charge in [0.2, 0.25) is 0 Å². The molecule has 0 unspecified atom stereocenters. The van der Waals surface area contributed by atoms with Gasteiger partial charge in [-0.1, -0.05) is 60.7 Å². The van der Waals surface area contributed by atoms with Gasteiger partial charge in [-0.2, -0.15) is 0 Å². The first kappa shape index (κ1) is 17.1. The molecule has 128 valence electrons. The van der Waals surface area contributed by atoms with Gasteiger partial charge in [0.25, 0.3) is 11.8 Å². The van der Waals surface area contributed by atoms with Crippen LogP contribution in [0.2, 0.25) is 0 Å². The number of carbonyl (C=O) groups excluding carboxylic acids is 2. The number of benzene rings is 2. The lowest BCUT2D eigenvalue weighted by Crippen LogP contribution is -2.34. The van der Waals surface area contributed by atoms with Crippen LogP contribution in [0.5, 0.6) is 0 Å². The highest BCUT2D eigenvalue weighted by Gasteiger charge is 2.38. The SMILES string of the molecule is CN(C)CCCN1C(=O)C(c2ccccc2)=C(c2ccccc2)C1=O. The standard InChI is InChI=1S/C21H22N2O2/c1-22(2)14-9-15-23-20(24)18(16-10-5-3-6-11-16)19(21(23)25)17-12-7-4-8-13-17/h3-8,10-13H,9,14-15H2,1-2H3. The number of carbonyl (C=O) groups is 2. The number of hydrogen-bond acceptors (Lipinski definition) is 3. The largest absolute Gasteiger partial charge is 0.309 e. The zero-order chi connectivity index (χ0) is 17.8. The van der Waals surface area contributed by atoms with E-state index < -0.39 is 0 Å². The third-order valence-electron chi connectivity index (χ3n) is 4.28. The average molecular weight is 334 g/mol. The molecule has 0 saturated carbocycles. The Morgan fingerprint density at radius 1 is 0.760 bits per heavy atom. The van der Waals surface area contributed by atoms with Gasteiger partial charge >= 0.3 is 0 Å². The third kappa shape index (κ3) is 3.54. The van der Waals surface area contributed by atoms with Crippen molar-refractivity contribution in [1.29, 1.82) is 0 Å². The average Bonchev–Trinajstić information content (AvgIpc) is 2.87. The molecule has 4 nitrogen and oxygen atoms in total. The summed E-state index contributed by atoms with van der Waals surface area (Å²) in [4.78, 5) is 29.5. The molecule has 2 amide bonds. The smallest absolute Gasteiger partial charge is 0.262 e. The molecule has 0 N–H and O–H groups in total. The summed E-state index contributed by atoms with van der Waals surface area (Å²) in [6.07, 6.45) is 0.759. The van der Waals surface area contributed by atoms with E-state index in [1.54, 1.807) is 0 Å². The molecule has 2 aromatic rings. The van der Waals surface area contributed by atoms with Gasteiger partial charge in [-0.15, -0.1) is 0 Å². The predicted octanol–water partition coefficient (Wildman–Crippen LogP) is 2.92. The van der Waals surface area contributed by atoms with E-state index in [9.17, 15) is 9.59 Å².